The first-order chi connectivity index (χ1) is 13.8. The quantitative estimate of drug-likeness (QED) is 0.413. The Kier molecular flexibility index (Phi) is 4.90. The third-order valence-electron chi connectivity index (χ3n) is 4.48. The molecule has 1 heterocycles. The highest BCUT2D eigenvalue weighted by Crippen LogP contribution is 2.26. The molecular weight excluding hydrogens is 346 g/mol. The molecule has 0 N–H and O–H groups in total. The van der Waals surface area contributed by atoms with Gasteiger partial charge in [-0.15, -0.1) is 0 Å². The number of hydrogen-bond acceptors (Lipinski definition) is 3. The molecule has 4 heteroatoms. The van der Waals surface area contributed by atoms with E-state index in [9.17, 15) is 5.26 Å². The van der Waals surface area contributed by atoms with E-state index in [1.807, 2.05) is 84.9 Å². The number of allylic oxidation sites excluding steroid dienone is 1. The van der Waals surface area contributed by atoms with Crippen LogP contribution in [-0.2, 0) is 6.54 Å². The van der Waals surface area contributed by atoms with Crippen molar-refractivity contribution < 1.29 is 4.74 Å². The molecule has 28 heavy (non-hydrogen) atoms. The number of nitriles is 1. The minimum absolute atomic E-state index is 0.523. The van der Waals surface area contributed by atoms with Gasteiger partial charge in [0.05, 0.1) is 16.6 Å². The first-order valence-corrected chi connectivity index (χ1v) is 9.19. The van der Waals surface area contributed by atoms with Gasteiger partial charge >= 0.3 is 0 Å². The summed E-state index contributed by atoms with van der Waals surface area (Å²) < 4.78 is 7.96. The molecule has 0 aliphatic rings. The number of benzene rings is 3. The molecule has 0 saturated carbocycles. The second kappa shape index (κ2) is 7.81. The molecular formula is C24H19N3O. The first kappa shape index (κ1) is 17.6. The van der Waals surface area contributed by atoms with Gasteiger partial charge in [-0.1, -0.05) is 42.5 Å². The van der Waals surface area contributed by atoms with Crippen LogP contribution >= 0.6 is 0 Å². The lowest BCUT2D eigenvalue weighted by molar-refractivity contribution is 0.482. The van der Waals surface area contributed by atoms with E-state index in [2.05, 4.69) is 22.5 Å². The molecule has 4 nitrogen and oxygen atoms in total. The number of aromatic nitrogens is 2. The van der Waals surface area contributed by atoms with Crippen LogP contribution in [0.25, 0.3) is 22.7 Å². The summed E-state index contributed by atoms with van der Waals surface area (Å²) in [6.07, 6.45) is 1.85. The lowest BCUT2D eigenvalue weighted by Crippen LogP contribution is -2.00. The third-order valence-corrected chi connectivity index (χ3v) is 4.48. The maximum Gasteiger partial charge on any atom is 0.151 e. The van der Waals surface area contributed by atoms with E-state index in [1.165, 1.54) is 0 Å². The highest BCUT2D eigenvalue weighted by Gasteiger charge is 2.13. The number of rotatable bonds is 5. The summed E-state index contributed by atoms with van der Waals surface area (Å²) in [5.41, 5.74) is 3.33. The second-order valence-corrected chi connectivity index (χ2v) is 6.33. The minimum atomic E-state index is 0.523. The molecule has 0 unspecified atom stereocenters. The Hall–Kier alpha value is -3.84. The van der Waals surface area contributed by atoms with E-state index in [-0.39, 0.29) is 0 Å². The number of ether oxygens (including phenoxy) is 1. The number of fused-ring (bicyclic) bond motifs is 1. The lowest BCUT2D eigenvalue weighted by atomic mass is 10.1. The van der Waals surface area contributed by atoms with Crippen LogP contribution in [-0.4, -0.2) is 9.55 Å². The van der Waals surface area contributed by atoms with Gasteiger partial charge in [0, 0.05) is 6.54 Å². The van der Waals surface area contributed by atoms with Crippen LogP contribution < -0.4 is 4.74 Å². The van der Waals surface area contributed by atoms with E-state index in [0.717, 1.165) is 34.6 Å². The number of para-hydroxylation sites is 3. The summed E-state index contributed by atoms with van der Waals surface area (Å²) in [6.45, 7) is 2.80. The fourth-order valence-electron chi connectivity index (χ4n) is 3.21. The van der Waals surface area contributed by atoms with Crippen molar-refractivity contribution in [3.05, 3.63) is 90.3 Å². The number of imidazole rings is 1. The average Bonchev–Trinajstić information content (AvgIpc) is 3.11. The standard InChI is InChI=1S/C24H19N3O/c1-2-27-23-14-7-6-13-22(23)26-24(27)19(17-25)15-18-9-8-12-21(16-18)28-20-10-4-3-5-11-20/h3-16H,2H2,1H3/b19-15+. The number of hydrogen-bond donors (Lipinski definition) is 0. The topological polar surface area (TPSA) is 50.8 Å². The van der Waals surface area contributed by atoms with Crippen LogP contribution in [0.2, 0.25) is 0 Å². The Morgan fingerprint density at radius 2 is 1.75 bits per heavy atom. The van der Waals surface area contributed by atoms with Crippen LogP contribution in [0.3, 0.4) is 0 Å². The smallest absolute Gasteiger partial charge is 0.151 e. The van der Waals surface area contributed by atoms with Gasteiger partial charge in [0.25, 0.3) is 0 Å². The van der Waals surface area contributed by atoms with Gasteiger partial charge in [0.2, 0.25) is 0 Å². The minimum Gasteiger partial charge on any atom is -0.457 e. The molecule has 0 fully saturated rings. The van der Waals surface area contributed by atoms with Gasteiger partial charge in [-0.25, -0.2) is 4.98 Å². The summed E-state index contributed by atoms with van der Waals surface area (Å²) in [5, 5.41) is 9.79. The molecule has 1 aromatic heterocycles. The highest BCUT2D eigenvalue weighted by molar-refractivity contribution is 5.91. The molecule has 136 valence electrons. The van der Waals surface area contributed by atoms with Gasteiger partial charge in [-0.2, -0.15) is 5.26 Å². The molecule has 0 spiro atoms. The highest BCUT2D eigenvalue weighted by atomic mass is 16.5. The fraction of sp³-hybridized carbons (Fsp3) is 0.0833. The number of aryl methyl sites for hydroxylation is 1. The first-order valence-electron chi connectivity index (χ1n) is 9.19. The molecule has 4 rings (SSSR count). The summed E-state index contributed by atoms with van der Waals surface area (Å²) in [5.74, 6) is 2.18. The van der Waals surface area contributed by atoms with Crippen LogP contribution in [0.5, 0.6) is 11.5 Å². The largest absolute Gasteiger partial charge is 0.457 e. The zero-order valence-electron chi connectivity index (χ0n) is 15.5. The maximum atomic E-state index is 9.79. The van der Waals surface area contributed by atoms with Gasteiger partial charge in [0.15, 0.2) is 5.82 Å². The molecule has 0 atom stereocenters. The van der Waals surface area contributed by atoms with E-state index in [1.54, 1.807) is 0 Å². The molecule has 3 aromatic carbocycles. The van der Waals surface area contributed by atoms with Crippen LogP contribution in [0, 0.1) is 11.3 Å². The molecule has 0 aliphatic heterocycles. The van der Waals surface area contributed by atoms with Crippen LogP contribution in [0.4, 0.5) is 0 Å². The fourth-order valence-corrected chi connectivity index (χ4v) is 3.21. The van der Waals surface area contributed by atoms with Crippen molar-refractivity contribution >= 4 is 22.7 Å². The van der Waals surface area contributed by atoms with E-state index in [4.69, 9.17) is 4.74 Å². The third kappa shape index (κ3) is 3.51. The maximum absolute atomic E-state index is 9.79. The van der Waals surface area contributed by atoms with Crippen molar-refractivity contribution in [2.75, 3.05) is 0 Å². The summed E-state index contributed by atoms with van der Waals surface area (Å²) in [6, 6.07) is 27.6. The summed E-state index contributed by atoms with van der Waals surface area (Å²) in [7, 11) is 0. The monoisotopic (exact) mass is 365 g/mol. The SMILES string of the molecule is CCn1c(/C(C#N)=C/c2cccc(Oc3ccccc3)c2)nc2ccccc21. The number of nitrogens with zero attached hydrogens (tertiary/aromatic N) is 3. The molecule has 0 aliphatic carbocycles. The van der Waals surface area contributed by atoms with Gasteiger partial charge in [-0.05, 0) is 55.0 Å². The van der Waals surface area contributed by atoms with E-state index < -0.39 is 0 Å². The van der Waals surface area contributed by atoms with Gasteiger partial charge in [0.1, 0.15) is 17.6 Å². The molecule has 4 aromatic rings. The lowest BCUT2D eigenvalue weighted by Gasteiger charge is -2.07. The summed E-state index contributed by atoms with van der Waals surface area (Å²) >= 11 is 0. The summed E-state index contributed by atoms with van der Waals surface area (Å²) in [4.78, 5) is 4.68. The van der Waals surface area contributed by atoms with Crippen molar-refractivity contribution in [2.45, 2.75) is 13.5 Å². The van der Waals surface area contributed by atoms with Gasteiger partial charge in [-0.3, -0.25) is 0 Å². The predicted molar refractivity (Wildman–Crippen MR) is 112 cm³/mol. The zero-order valence-corrected chi connectivity index (χ0v) is 15.5. The van der Waals surface area contributed by atoms with Crippen molar-refractivity contribution in [1.29, 1.82) is 5.26 Å². The van der Waals surface area contributed by atoms with Crippen molar-refractivity contribution in [3.63, 3.8) is 0 Å². The normalized spacial score (nSPS) is 11.4. The van der Waals surface area contributed by atoms with Gasteiger partial charge < -0.3 is 9.30 Å². The Bertz CT molecular complexity index is 1180. The Morgan fingerprint density at radius 3 is 2.54 bits per heavy atom. The second-order valence-electron chi connectivity index (χ2n) is 6.33. The molecule has 0 amide bonds. The molecule has 0 saturated heterocycles. The van der Waals surface area contributed by atoms with E-state index >= 15 is 0 Å². The van der Waals surface area contributed by atoms with E-state index in [0.29, 0.717) is 11.4 Å². The van der Waals surface area contributed by atoms with Crippen molar-refractivity contribution in [3.8, 4) is 17.6 Å². The Balaban J connectivity index is 1.72. The predicted octanol–water partition coefficient (Wildman–Crippen LogP) is 5.91. The van der Waals surface area contributed by atoms with Crippen LogP contribution in [0.1, 0.15) is 18.3 Å². The van der Waals surface area contributed by atoms with Crippen molar-refractivity contribution in [2.24, 2.45) is 0 Å². The van der Waals surface area contributed by atoms with Crippen LogP contribution in [0.15, 0.2) is 78.9 Å². The molecule has 0 bridgehead atoms. The Labute approximate surface area is 164 Å². The average molecular weight is 365 g/mol. The van der Waals surface area contributed by atoms with Crippen molar-refractivity contribution in [1.82, 2.24) is 9.55 Å². The zero-order chi connectivity index (χ0) is 19.3. The molecule has 0 radical (unpaired) electrons. The Morgan fingerprint density at radius 1 is 1.00 bits per heavy atom.